The molecule has 138 valence electrons. The summed E-state index contributed by atoms with van der Waals surface area (Å²) in [6.07, 6.45) is -4.41. The highest BCUT2D eigenvalue weighted by Crippen LogP contribution is 2.37. The fourth-order valence-corrected chi connectivity index (χ4v) is 3.05. The number of hydrogen-bond acceptors (Lipinski definition) is 3. The van der Waals surface area contributed by atoms with Gasteiger partial charge in [-0.1, -0.05) is 26.8 Å². The van der Waals surface area contributed by atoms with Crippen LogP contribution in [0.1, 0.15) is 38.8 Å². The quantitative estimate of drug-likeness (QED) is 0.565. The molecule has 7 heteroatoms. The Hall–Kier alpha value is -1.05. The zero-order chi connectivity index (χ0) is 18.8. The van der Waals surface area contributed by atoms with Crippen molar-refractivity contribution in [1.82, 2.24) is 5.32 Å². The summed E-state index contributed by atoms with van der Waals surface area (Å²) >= 11 is 0. The number of halogens is 3. The fourth-order valence-electron chi connectivity index (χ4n) is 1.95. The molecule has 0 aliphatic carbocycles. The summed E-state index contributed by atoms with van der Waals surface area (Å²) in [4.78, 5) is 0. The van der Waals surface area contributed by atoms with Gasteiger partial charge in [0.2, 0.25) is 0 Å². The van der Waals surface area contributed by atoms with Gasteiger partial charge < -0.3 is 15.5 Å². The Kier molecular flexibility index (Phi) is 6.52. The van der Waals surface area contributed by atoms with Gasteiger partial charge >= 0.3 is 6.18 Å². The monoisotopic (exact) mass is 362 g/mol. The van der Waals surface area contributed by atoms with Crippen LogP contribution in [0.25, 0.3) is 0 Å². The Morgan fingerprint density at radius 3 is 2.29 bits per heavy atom. The van der Waals surface area contributed by atoms with Crippen molar-refractivity contribution < 1.29 is 17.6 Å². The van der Waals surface area contributed by atoms with E-state index in [0.29, 0.717) is 6.61 Å². The van der Waals surface area contributed by atoms with E-state index in [1.54, 1.807) is 0 Å². The second-order valence-electron chi connectivity index (χ2n) is 7.72. The molecule has 3 N–H and O–H groups in total. The van der Waals surface area contributed by atoms with E-state index < -0.39 is 20.1 Å². The maximum Gasteiger partial charge on any atom is 0.416 e. The lowest BCUT2D eigenvalue weighted by Crippen LogP contribution is -2.44. The maximum atomic E-state index is 13.1. The highest BCUT2D eigenvalue weighted by Gasteiger charge is 2.37. The Balaban J connectivity index is 2.71. The summed E-state index contributed by atoms with van der Waals surface area (Å²) in [5.41, 5.74) is 5.29. The number of anilines is 1. The smallest absolute Gasteiger partial charge is 0.415 e. The van der Waals surface area contributed by atoms with Gasteiger partial charge in [0, 0.05) is 30.4 Å². The average molecular weight is 363 g/mol. The summed E-state index contributed by atoms with van der Waals surface area (Å²) in [5, 5.41) is 3.19. The summed E-state index contributed by atoms with van der Waals surface area (Å²) in [7, 11) is -1.87. The lowest BCUT2D eigenvalue weighted by atomic mass is 10.0. The molecule has 3 nitrogen and oxygen atoms in total. The second kappa shape index (κ2) is 7.45. The third kappa shape index (κ3) is 5.49. The average Bonchev–Trinajstić information content (AvgIpc) is 2.41. The normalized spacial score (nSPS) is 14.7. The first-order chi connectivity index (χ1) is 10.8. The number of alkyl halides is 3. The Bertz CT molecular complexity index is 554. The molecule has 0 aliphatic rings. The predicted molar refractivity (Wildman–Crippen MR) is 95.3 cm³/mol. The number of nitrogen functional groups attached to an aromatic ring is 1. The molecule has 1 rings (SSSR count). The molecule has 1 unspecified atom stereocenters. The van der Waals surface area contributed by atoms with Crippen LogP contribution in [-0.2, 0) is 17.1 Å². The number of nitrogens with two attached hydrogens (primary N) is 1. The molecule has 0 amide bonds. The van der Waals surface area contributed by atoms with E-state index in [-0.39, 0.29) is 28.9 Å². The maximum absolute atomic E-state index is 13.1. The highest BCUT2D eigenvalue weighted by molar-refractivity contribution is 6.74. The molecule has 0 spiro atoms. The van der Waals surface area contributed by atoms with E-state index in [4.69, 9.17) is 10.2 Å². The van der Waals surface area contributed by atoms with Gasteiger partial charge in [0.05, 0.1) is 5.56 Å². The first-order valence-electron chi connectivity index (χ1n) is 8.07. The largest absolute Gasteiger partial charge is 0.416 e. The van der Waals surface area contributed by atoms with Crippen LogP contribution < -0.4 is 11.1 Å². The molecule has 0 saturated heterocycles. The van der Waals surface area contributed by atoms with E-state index in [1.165, 1.54) is 12.1 Å². The Morgan fingerprint density at radius 1 is 1.21 bits per heavy atom. The van der Waals surface area contributed by atoms with Crippen LogP contribution in [0.4, 0.5) is 18.9 Å². The molecule has 1 aromatic carbocycles. The van der Waals surface area contributed by atoms with Crippen molar-refractivity contribution >= 4 is 14.0 Å². The Labute approximate surface area is 143 Å². The predicted octanol–water partition coefficient (Wildman–Crippen LogP) is 4.79. The molecular weight excluding hydrogens is 333 g/mol. The number of rotatable bonds is 6. The van der Waals surface area contributed by atoms with Crippen molar-refractivity contribution in [3.05, 3.63) is 29.3 Å². The van der Waals surface area contributed by atoms with Gasteiger partial charge in [-0.3, -0.25) is 0 Å². The van der Waals surface area contributed by atoms with Crippen molar-refractivity contribution in [1.29, 1.82) is 0 Å². The van der Waals surface area contributed by atoms with Crippen molar-refractivity contribution in [2.75, 3.05) is 12.3 Å². The minimum absolute atomic E-state index is 0.0591. The molecule has 1 aromatic rings. The summed E-state index contributed by atoms with van der Waals surface area (Å²) in [6, 6.07) is 3.80. The zero-order valence-electron chi connectivity index (χ0n) is 15.3. The van der Waals surface area contributed by atoms with Gasteiger partial charge in [0.1, 0.15) is 0 Å². The van der Waals surface area contributed by atoms with E-state index in [9.17, 15) is 13.2 Å². The molecule has 0 saturated carbocycles. The molecule has 0 bridgehead atoms. The van der Waals surface area contributed by atoms with Crippen molar-refractivity contribution in [2.24, 2.45) is 0 Å². The summed E-state index contributed by atoms with van der Waals surface area (Å²) in [6.45, 7) is 13.2. The van der Waals surface area contributed by atoms with Crippen LogP contribution in [0.5, 0.6) is 0 Å². The zero-order valence-corrected chi connectivity index (χ0v) is 16.3. The summed E-state index contributed by atoms with van der Waals surface area (Å²) in [5.74, 6) is 0. The van der Waals surface area contributed by atoms with E-state index >= 15 is 0 Å². The van der Waals surface area contributed by atoms with Crippen LogP contribution in [0, 0.1) is 0 Å². The lowest BCUT2D eigenvalue weighted by Gasteiger charge is -2.37. The van der Waals surface area contributed by atoms with Gasteiger partial charge in [-0.2, -0.15) is 13.2 Å². The highest BCUT2D eigenvalue weighted by atomic mass is 28.4. The number of hydrogen-bond donors (Lipinski definition) is 2. The van der Waals surface area contributed by atoms with Crippen LogP contribution in [0.15, 0.2) is 18.2 Å². The molecule has 0 heterocycles. The molecule has 0 radical (unpaired) electrons. The molecule has 1 atom stereocenters. The minimum atomic E-state index is -4.41. The van der Waals surface area contributed by atoms with E-state index in [0.717, 1.165) is 6.07 Å². The van der Waals surface area contributed by atoms with Crippen LogP contribution in [-0.4, -0.2) is 21.0 Å². The third-order valence-electron chi connectivity index (χ3n) is 4.65. The molecule has 0 aromatic heterocycles. The first-order valence-corrected chi connectivity index (χ1v) is 11.0. The lowest BCUT2D eigenvalue weighted by molar-refractivity contribution is -0.138. The fraction of sp³-hybridized carbons (Fsp3) is 0.647. The molecule has 0 fully saturated rings. The molecule has 0 aliphatic heterocycles. The summed E-state index contributed by atoms with van der Waals surface area (Å²) < 4.78 is 45.4. The van der Waals surface area contributed by atoms with Crippen molar-refractivity contribution in [2.45, 2.75) is 64.6 Å². The third-order valence-corrected chi connectivity index (χ3v) is 9.15. The van der Waals surface area contributed by atoms with Gasteiger partial charge in [-0.15, -0.1) is 0 Å². The van der Waals surface area contributed by atoms with Crippen LogP contribution in [0.3, 0.4) is 0 Å². The van der Waals surface area contributed by atoms with Gasteiger partial charge in [0.25, 0.3) is 0 Å². The standard InChI is InChI=1S/C17H29F3N2OSi/c1-12(11-23-24(5,6)16(2,3)4)22-10-13-14(17(18,19)20)8-7-9-15(13)21/h7-9,12,22H,10-11,21H2,1-6H3. The van der Waals surface area contributed by atoms with Crippen molar-refractivity contribution in [3.63, 3.8) is 0 Å². The van der Waals surface area contributed by atoms with Gasteiger partial charge in [-0.25, -0.2) is 0 Å². The van der Waals surface area contributed by atoms with Gasteiger partial charge in [0.15, 0.2) is 8.32 Å². The number of nitrogens with one attached hydrogen (secondary N) is 1. The molecule has 24 heavy (non-hydrogen) atoms. The van der Waals surface area contributed by atoms with E-state index in [1.807, 2.05) is 6.92 Å². The van der Waals surface area contributed by atoms with Crippen LogP contribution >= 0.6 is 0 Å². The minimum Gasteiger partial charge on any atom is -0.415 e. The van der Waals surface area contributed by atoms with Crippen molar-refractivity contribution in [3.8, 4) is 0 Å². The van der Waals surface area contributed by atoms with Gasteiger partial charge in [-0.05, 0) is 37.2 Å². The second-order valence-corrected chi connectivity index (χ2v) is 12.5. The van der Waals surface area contributed by atoms with Crippen LogP contribution in [0.2, 0.25) is 18.1 Å². The number of benzene rings is 1. The molecular formula is C17H29F3N2OSi. The first kappa shape index (κ1) is 21.0. The van der Waals surface area contributed by atoms with E-state index in [2.05, 4.69) is 39.2 Å². The SMILES string of the molecule is CC(CO[Si](C)(C)C(C)(C)C)NCc1c(N)cccc1C(F)(F)F. The topological polar surface area (TPSA) is 47.3 Å². The Morgan fingerprint density at radius 2 is 1.79 bits per heavy atom.